The van der Waals surface area contributed by atoms with Crippen LogP contribution in [0.4, 0.5) is 0 Å². The lowest BCUT2D eigenvalue weighted by Gasteiger charge is -2.32. The second kappa shape index (κ2) is 5.24. The number of likely N-dealkylation sites (N-methyl/N-ethyl adjacent to an activating group) is 1. The molecule has 1 aliphatic rings. The number of likely N-dealkylation sites (tertiary alicyclic amines) is 1. The van der Waals surface area contributed by atoms with E-state index in [0.29, 0.717) is 6.04 Å². The summed E-state index contributed by atoms with van der Waals surface area (Å²) in [5, 5.41) is 3.36. The number of pyridine rings is 1. The molecule has 0 unspecified atom stereocenters. The minimum Gasteiger partial charge on any atom is -0.316 e. The van der Waals surface area contributed by atoms with Gasteiger partial charge in [-0.25, -0.2) is 0 Å². The predicted octanol–water partition coefficient (Wildman–Crippen LogP) is 1.27. The molecule has 3 nitrogen and oxygen atoms in total. The van der Waals surface area contributed by atoms with Gasteiger partial charge >= 0.3 is 0 Å². The first-order valence-electron chi connectivity index (χ1n) is 5.67. The summed E-state index contributed by atoms with van der Waals surface area (Å²) in [7, 11) is 2.05. The predicted molar refractivity (Wildman–Crippen MR) is 61.6 cm³/mol. The molecule has 1 aromatic heterocycles. The summed E-state index contributed by atoms with van der Waals surface area (Å²) in [5.74, 6) is 0. The SMILES string of the molecule is CN[C@@H]1CCCN(Cc2cccnc2)C1. The van der Waals surface area contributed by atoms with Gasteiger partial charge in [0.1, 0.15) is 0 Å². The monoisotopic (exact) mass is 205 g/mol. The van der Waals surface area contributed by atoms with Gasteiger partial charge in [-0.1, -0.05) is 6.07 Å². The van der Waals surface area contributed by atoms with E-state index in [4.69, 9.17) is 0 Å². The zero-order valence-corrected chi connectivity index (χ0v) is 9.32. The van der Waals surface area contributed by atoms with Crippen molar-refractivity contribution >= 4 is 0 Å². The van der Waals surface area contributed by atoms with Crippen molar-refractivity contribution < 1.29 is 0 Å². The van der Waals surface area contributed by atoms with Gasteiger partial charge in [-0.15, -0.1) is 0 Å². The van der Waals surface area contributed by atoms with E-state index in [9.17, 15) is 0 Å². The van der Waals surface area contributed by atoms with Gasteiger partial charge in [0.2, 0.25) is 0 Å². The average molecular weight is 205 g/mol. The van der Waals surface area contributed by atoms with Gasteiger partial charge in [0.25, 0.3) is 0 Å². The van der Waals surface area contributed by atoms with Gasteiger partial charge in [0, 0.05) is 31.5 Å². The number of nitrogens with one attached hydrogen (secondary N) is 1. The highest BCUT2D eigenvalue weighted by Crippen LogP contribution is 2.12. The molecule has 82 valence electrons. The molecule has 0 saturated carbocycles. The van der Waals surface area contributed by atoms with E-state index in [0.717, 1.165) is 13.1 Å². The van der Waals surface area contributed by atoms with Crippen molar-refractivity contribution in [1.82, 2.24) is 15.2 Å². The summed E-state index contributed by atoms with van der Waals surface area (Å²) in [6.07, 6.45) is 6.39. The molecule has 0 aliphatic carbocycles. The number of rotatable bonds is 3. The third-order valence-electron chi connectivity index (χ3n) is 3.04. The van der Waals surface area contributed by atoms with E-state index in [-0.39, 0.29) is 0 Å². The molecule has 0 amide bonds. The van der Waals surface area contributed by atoms with Crippen molar-refractivity contribution in [2.24, 2.45) is 0 Å². The second-order valence-electron chi connectivity index (χ2n) is 4.22. The third-order valence-corrected chi connectivity index (χ3v) is 3.04. The lowest BCUT2D eigenvalue weighted by atomic mass is 10.1. The molecular formula is C12H19N3. The maximum atomic E-state index is 4.15. The number of aromatic nitrogens is 1. The van der Waals surface area contributed by atoms with Gasteiger partial charge in [-0.05, 0) is 38.1 Å². The van der Waals surface area contributed by atoms with Crippen LogP contribution in [-0.4, -0.2) is 36.1 Å². The fourth-order valence-corrected chi connectivity index (χ4v) is 2.18. The molecule has 1 aromatic rings. The first-order valence-corrected chi connectivity index (χ1v) is 5.67. The standard InChI is InChI=1S/C12H19N3/c1-13-12-5-3-7-15(10-12)9-11-4-2-6-14-8-11/h2,4,6,8,12-13H,3,5,7,9-10H2,1H3/t12-/m1/s1. The first-order chi connectivity index (χ1) is 7.38. The van der Waals surface area contributed by atoms with Crippen LogP contribution in [0.15, 0.2) is 24.5 Å². The molecule has 2 heterocycles. The van der Waals surface area contributed by atoms with E-state index in [1.165, 1.54) is 24.9 Å². The van der Waals surface area contributed by atoms with Crippen LogP contribution in [-0.2, 0) is 6.54 Å². The molecule has 2 rings (SSSR count). The molecule has 1 N–H and O–H groups in total. The average Bonchev–Trinajstić information content (AvgIpc) is 2.31. The summed E-state index contributed by atoms with van der Waals surface area (Å²) in [4.78, 5) is 6.65. The number of hydrogen-bond donors (Lipinski definition) is 1. The van der Waals surface area contributed by atoms with Crippen LogP contribution in [0.5, 0.6) is 0 Å². The Morgan fingerprint density at radius 1 is 1.60 bits per heavy atom. The van der Waals surface area contributed by atoms with Crippen molar-refractivity contribution in [2.45, 2.75) is 25.4 Å². The Morgan fingerprint density at radius 2 is 2.53 bits per heavy atom. The molecule has 0 aromatic carbocycles. The molecule has 1 atom stereocenters. The highest BCUT2D eigenvalue weighted by atomic mass is 15.2. The lowest BCUT2D eigenvalue weighted by molar-refractivity contribution is 0.188. The van der Waals surface area contributed by atoms with Crippen molar-refractivity contribution in [3.05, 3.63) is 30.1 Å². The molecular weight excluding hydrogens is 186 g/mol. The van der Waals surface area contributed by atoms with Crippen LogP contribution in [0.1, 0.15) is 18.4 Å². The molecule has 1 fully saturated rings. The minimum absolute atomic E-state index is 0.662. The van der Waals surface area contributed by atoms with E-state index < -0.39 is 0 Å². The highest BCUT2D eigenvalue weighted by Gasteiger charge is 2.17. The van der Waals surface area contributed by atoms with Gasteiger partial charge in [0.05, 0.1) is 0 Å². The normalized spacial score (nSPS) is 22.9. The van der Waals surface area contributed by atoms with Crippen LogP contribution < -0.4 is 5.32 Å². The summed E-state index contributed by atoms with van der Waals surface area (Å²) in [6, 6.07) is 4.82. The lowest BCUT2D eigenvalue weighted by Crippen LogP contribution is -2.43. The Balaban J connectivity index is 1.89. The third kappa shape index (κ3) is 3.01. The van der Waals surface area contributed by atoms with Crippen LogP contribution in [0.25, 0.3) is 0 Å². The van der Waals surface area contributed by atoms with Crippen molar-refractivity contribution in [1.29, 1.82) is 0 Å². The Morgan fingerprint density at radius 3 is 3.27 bits per heavy atom. The molecule has 1 aliphatic heterocycles. The summed E-state index contributed by atoms with van der Waals surface area (Å²) < 4.78 is 0. The fraction of sp³-hybridized carbons (Fsp3) is 0.583. The maximum absolute atomic E-state index is 4.15. The van der Waals surface area contributed by atoms with Gasteiger partial charge < -0.3 is 5.32 Å². The smallest absolute Gasteiger partial charge is 0.0312 e. The Bertz CT molecular complexity index is 286. The van der Waals surface area contributed by atoms with Gasteiger partial charge in [-0.2, -0.15) is 0 Å². The summed E-state index contributed by atoms with van der Waals surface area (Å²) >= 11 is 0. The molecule has 0 radical (unpaired) electrons. The summed E-state index contributed by atoms with van der Waals surface area (Å²) in [6.45, 7) is 3.41. The molecule has 1 saturated heterocycles. The van der Waals surface area contributed by atoms with Crippen LogP contribution in [0, 0.1) is 0 Å². The second-order valence-corrected chi connectivity index (χ2v) is 4.22. The largest absolute Gasteiger partial charge is 0.316 e. The van der Waals surface area contributed by atoms with Gasteiger partial charge in [0.15, 0.2) is 0 Å². The Labute approximate surface area is 91.5 Å². The summed E-state index contributed by atoms with van der Waals surface area (Å²) in [5.41, 5.74) is 1.31. The van der Waals surface area contributed by atoms with Gasteiger partial charge in [-0.3, -0.25) is 9.88 Å². The molecule has 0 bridgehead atoms. The number of piperidine rings is 1. The topological polar surface area (TPSA) is 28.2 Å². The first kappa shape index (κ1) is 10.6. The van der Waals surface area contributed by atoms with E-state index in [1.54, 1.807) is 0 Å². The zero-order valence-electron chi connectivity index (χ0n) is 9.32. The maximum Gasteiger partial charge on any atom is 0.0312 e. The molecule has 3 heteroatoms. The van der Waals surface area contributed by atoms with Crippen LogP contribution in [0.3, 0.4) is 0 Å². The van der Waals surface area contributed by atoms with E-state index in [2.05, 4.69) is 28.3 Å². The Hall–Kier alpha value is -0.930. The number of nitrogens with zero attached hydrogens (tertiary/aromatic N) is 2. The number of hydrogen-bond acceptors (Lipinski definition) is 3. The van der Waals surface area contributed by atoms with E-state index >= 15 is 0 Å². The fourth-order valence-electron chi connectivity index (χ4n) is 2.18. The highest BCUT2D eigenvalue weighted by molar-refractivity contribution is 5.08. The van der Waals surface area contributed by atoms with Crippen molar-refractivity contribution in [2.75, 3.05) is 20.1 Å². The minimum atomic E-state index is 0.662. The molecule has 15 heavy (non-hydrogen) atoms. The van der Waals surface area contributed by atoms with Crippen LogP contribution in [0.2, 0.25) is 0 Å². The zero-order chi connectivity index (χ0) is 10.5. The van der Waals surface area contributed by atoms with E-state index in [1.807, 2.05) is 18.5 Å². The Kier molecular flexibility index (Phi) is 3.69. The van der Waals surface area contributed by atoms with Crippen molar-refractivity contribution in [3.63, 3.8) is 0 Å². The van der Waals surface area contributed by atoms with Crippen molar-refractivity contribution in [3.8, 4) is 0 Å². The quantitative estimate of drug-likeness (QED) is 0.805. The van der Waals surface area contributed by atoms with Crippen LogP contribution >= 0.6 is 0 Å². The molecule has 0 spiro atoms.